The first-order chi connectivity index (χ1) is 49.4. The van der Waals surface area contributed by atoms with Crippen molar-refractivity contribution in [3.05, 3.63) is 241 Å². The third-order valence-corrected chi connectivity index (χ3v) is 17.2. The fraction of sp³-hybridized carbons (Fsp3) is 0.289. The van der Waals surface area contributed by atoms with Crippen molar-refractivity contribution in [2.24, 2.45) is 0 Å². The number of likely N-dealkylation sites (N-methyl/N-ethyl adjacent to an activating group) is 3. The van der Waals surface area contributed by atoms with Gasteiger partial charge >= 0.3 is 6.18 Å². The first-order valence-electron chi connectivity index (χ1n) is 33.1. The molecule has 0 aliphatic rings. The molecule has 7 aromatic carbocycles. The zero-order chi connectivity index (χ0) is 74.2. The number of nitrogens with one attached hydrogen (secondary N) is 7. The number of fused-ring (bicyclic) bond motifs is 3. The van der Waals surface area contributed by atoms with Gasteiger partial charge in [-0.3, -0.25) is 29.3 Å². The number of amides is 3. The second kappa shape index (κ2) is 40.0. The van der Waals surface area contributed by atoms with Crippen LogP contribution in [-0.2, 0) is 12.7 Å². The Kier molecular flexibility index (Phi) is 31.4. The van der Waals surface area contributed by atoms with Crippen molar-refractivity contribution in [1.82, 2.24) is 45.6 Å². The number of aromatic nitrogens is 3. The van der Waals surface area contributed by atoms with Gasteiger partial charge in [0.1, 0.15) is 11.4 Å². The Morgan fingerprint density at radius 3 is 1.26 bits per heavy atom. The highest BCUT2D eigenvalue weighted by Crippen LogP contribution is 2.32. The topological polar surface area (TPSA) is 184 Å². The van der Waals surface area contributed by atoms with E-state index in [0.717, 1.165) is 100 Å². The van der Waals surface area contributed by atoms with Crippen molar-refractivity contribution in [2.75, 3.05) is 119 Å². The van der Waals surface area contributed by atoms with Gasteiger partial charge in [0.25, 0.3) is 17.7 Å². The third kappa shape index (κ3) is 23.5. The highest BCUT2D eigenvalue weighted by molar-refractivity contribution is 6.32. The fourth-order valence-electron chi connectivity index (χ4n) is 11.0. The Morgan fingerprint density at radius 2 is 0.837 bits per heavy atom. The summed E-state index contributed by atoms with van der Waals surface area (Å²) in [7, 11) is 0. The molecule has 0 saturated heterocycles. The van der Waals surface area contributed by atoms with Crippen molar-refractivity contribution >= 4 is 108 Å². The number of halogens is 12. The Labute approximate surface area is 613 Å². The molecule has 0 bridgehead atoms. The number of carbonyl (C=O) groups excluding carboxylic acids is 3. The van der Waals surface area contributed by atoms with Gasteiger partial charge < -0.3 is 51.9 Å². The van der Waals surface area contributed by atoms with Gasteiger partial charge in [-0.2, -0.15) is 13.2 Å². The molecule has 552 valence electrons. The average molecular weight is 1500 g/mol. The van der Waals surface area contributed by atoms with E-state index < -0.39 is 58.2 Å². The molecule has 28 heteroatoms. The van der Waals surface area contributed by atoms with Crippen LogP contribution in [0, 0.1) is 41.8 Å². The maximum Gasteiger partial charge on any atom is 0.416 e. The number of benzene rings is 7. The largest absolute Gasteiger partial charge is 0.416 e. The predicted molar refractivity (Wildman–Crippen MR) is 398 cm³/mol. The van der Waals surface area contributed by atoms with Gasteiger partial charge in [0, 0.05) is 158 Å². The van der Waals surface area contributed by atoms with Crippen molar-refractivity contribution in [1.29, 1.82) is 0 Å². The molecule has 0 fully saturated rings. The Balaban J connectivity index is 0.000000218. The monoisotopic (exact) mass is 1500 g/mol. The number of alkyl halides is 3. The summed E-state index contributed by atoms with van der Waals surface area (Å²) < 4.78 is 120. The fourth-order valence-corrected chi connectivity index (χ4v) is 11.5. The maximum absolute atomic E-state index is 13.9. The summed E-state index contributed by atoms with van der Waals surface area (Å²) in [4.78, 5) is 56.6. The first kappa shape index (κ1) is 81.8. The van der Waals surface area contributed by atoms with Crippen LogP contribution in [0.2, 0.25) is 15.1 Å². The van der Waals surface area contributed by atoms with E-state index in [4.69, 9.17) is 34.8 Å². The zero-order valence-electron chi connectivity index (χ0n) is 56.8. The molecule has 10 aromatic rings. The van der Waals surface area contributed by atoms with E-state index in [1.165, 1.54) is 24.3 Å². The normalized spacial score (nSPS) is 11.2. The molecule has 3 heterocycles. The van der Waals surface area contributed by atoms with E-state index in [0.29, 0.717) is 97.3 Å². The minimum atomic E-state index is -4.49. The Hall–Kier alpha value is -9.50. The lowest BCUT2D eigenvalue weighted by molar-refractivity contribution is -0.137. The van der Waals surface area contributed by atoms with Gasteiger partial charge in [-0.1, -0.05) is 93.3 Å². The standard InChI is InChI=1S/C29H31ClFN5O.C24H26ClF3N4O.C22H20ClF5N4O.CH4/c1-2-36(16-14-33-26-12-13-32-27-18-22(30)8-10-24(26)27)17-15-34-29(37)25-11-9-23(31)19-28(25)35-20-21-6-4-3-5-7-21;1-3-32(10-8-30-21-6-7-29-22-15-19(25)4-5-20(21)22)11-9-31-23(33)17-12-16(2)13-18(14-17)24(26,27)28;1-2-32(9-7-30-14-5-6-29-15-11-12(23)3-4-13(14)15)10-8-31-22(33)16-17(24)19(26)21(28)20(27)18(16)25;/h3-13,18-19,35H,2,14-17,20H2,1H3,(H,32,33)(H,34,37);4-7,12-15H,3,8-11H2,1-2H3,(H,29,30)(H,31,33);3-6,11H,2,7-10H2,1H3,(H,29,30)(H,31,33);1H4. The van der Waals surface area contributed by atoms with Gasteiger partial charge in [-0.25, -0.2) is 26.3 Å². The van der Waals surface area contributed by atoms with Gasteiger partial charge in [0.05, 0.1) is 33.4 Å². The van der Waals surface area contributed by atoms with Gasteiger partial charge in [-0.05, 0) is 147 Å². The number of hydrogen-bond acceptors (Lipinski definition) is 13. The van der Waals surface area contributed by atoms with Crippen molar-refractivity contribution < 1.29 is 53.9 Å². The van der Waals surface area contributed by atoms with E-state index in [1.54, 1.807) is 37.6 Å². The van der Waals surface area contributed by atoms with Gasteiger partial charge in [0.15, 0.2) is 23.3 Å². The summed E-state index contributed by atoms with van der Waals surface area (Å²) in [6.07, 6.45) is 0.670. The van der Waals surface area contributed by atoms with Gasteiger partial charge in [0.2, 0.25) is 5.82 Å². The molecule has 0 aliphatic carbocycles. The molecular weight excluding hydrogens is 1420 g/mol. The van der Waals surface area contributed by atoms with Crippen LogP contribution in [0.5, 0.6) is 0 Å². The smallest absolute Gasteiger partial charge is 0.383 e. The lowest BCUT2D eigenvalue weighted by atomic mass is 10.1. The molecule has 3 aromatic heterocycles. The Bertz CT molecular complexity index is 4500. The molecule has 3 amide bonds. The summed E-state index contributed by atoms with van der Waals surface area (Å²) in [6.45, 7) is 16.7. The van der Waals surface area contributed by atoms with Crippen LogP contribution >= 0.6 is 34.8 Å². The molecule has 0 radical (unpaired) electrons. The number of rotatable bonds is 30. The van der Waals surface area contributed by atoms with E-state index in [9.17, 15) is 53.9 Å². The SMILES string of the molecule is C.CCN(CCNC(=O)c1c(F)c(F)c(F)c(F)c1F)CCNc1ccnc2cc(Cl)ccc12.CCN(CCNC(=O)c1cc(C)cc(C(F)(F)F)c1)CCNc1ccnc2cc(Cl)ccc12.CCN(CCNC(=O)c1ccc(F)cc1NCc1ccccc1)CCNc1ccnc2cc(Cl)ccc12. The summed E-state index contributed by atoms with van der Waals surface area (Å²) in [5.41, 5.74) is 5.28. The van der Waals surface area contributed by atoms with Crippen LogP contribution < -0.4 is 37.2 Å². The van der Waals surface area contributed by atoms with Gasteiger partial charge in [-0.15, -0.1) is 0 Å². The lowest BCUT2D eigenvalue weighted by Crippen LogP contribution is -2.37. The van der Waals surface area contributed by atoms with E-state index >= 15 is 0 Å². The van der Waals surface area contributed by atoms with Crippen LogP contribution in [-0.4, -0.2) is 146 Å². The van der Waals surface area contributed by atoms with E-state index in [1.807, 2.05) is 110 Å². The molecule has 10 rings (SSSR count). The Morgan fingerprint density at radius 1 is 0.433 bits per heavy atom. The van der Waals surface area contributed by atoms with Crippen LogP contribution in [0.1, 0.15) is 76.0 Å². The minimum absolute atomic E-state index is 0. The number of nitrogens with zero attached hydrogens (tertiary/aromatic N) is 6. The predicted octanol–water partition coefficient (Wildman–Crippen LogP) is 16.6. The molecule has 0 atom stereocenters. The second-order valence-corrected chi connectivity index (χ2v) is 24.8. The number of pyridine rings is 3. The maximum atomic E-state index is 13.9. The second-order valence-electron chi connectivity index (χ2n) is 23.5. The number of carbonyl (C=O) groups is 3. The quantitative estimate of drug-likeness (QED) is 0.0128. The van der Waals surface area contributed by atoms with Crippen LogP contribution in [0.3, 0.4) is 0 Å². The third-order valence-electron chi connectivity index (χ3n) is 16.5. The number of anilines is 4. The van der Waals surface area contributed by atoms with Crippen LogP contribution in [0.25, 0.3) is 32.7 Å². The van der Waals surface area contributed by atoms with Crippen LogP contribution in [0.15, 0.2) is 158 Å². The van der Waals surface area contributed by atoms with Crippen molar-refractivity contribution in [3.63, 3.8) is 0 Å². The summed E-state index contributed by atoms with van der Waals surface area (Å²) in [5, 5.41) is 26.1. The molecular formula is C76H81Cl3F9N13O3. The highest BCUT2D eigenvalue weighted by Gasteiger charge is 2.32. The molecule has 7 N–H and O–H groups in total. The molecule has 104 heavy (non-hydrogen) atoms. The summed E-state index contributed by atoms with van der Waals surface area (Å²) >= 11 is 18.1. The molecule has 0 spiro atoms. The van der Waals surface area contributed by atoms with E-state index in [-0.39, 0.29) is 31.3 Å². The number of aryl methyl sites for hydroxylation is 1. The molecule has 0 saturated carbocycles. The highest BCUT2D eigenvalue weighted by atomic mass is 35.5. The summed E-state index contributed by atoms with van der Waals surface area (Å²) in [5.74, 6) is -13.5. The molecule has 16 nitrogen and oxygen atoms in total. The number of hydrogen-bond donors (Lipinski definition) is 7. The molecule has 0 unspecified atom stereocenters. The van der Waals surface area contributed by atoms with Crippen molar-refractivity contribution in [3.8, 4) is 0 Å². The van der Waals surface area contributed by atoms with Crippen molar-refractivity contribution in [2.45, 2.75) is 47.8 Å². The lowest BCUT2D eigenvalue weighted by Gasteiger charge is -2.21. The van der Waals surface area contributed by atoms with Crippen LogP contribution in [0.4, 0.5) is 62.3 Å². The first-order valence-corrected chi connectivity index (χ1v) is 34.2. The molecule has 0 aliphatic heterocycles. The van der Waals surface area contributed by atoms with E-state index in [2.05, 4.69) is 68.9 Å². The minimum Gasteiger partial charge on any atom is -0.383 e. The zero-order valence-corrected chi connectivity index (χ0v) is 59.0. The average Bonchev–Trinajstić information content (AvgIpc) is 0.755. The summed E-state index contributed by atoms with van der Waals surface area (Å²) in [6, 6.07) is 39.7.